The molecule has 30 heavy (non-hydrogen) atoms. The summed E-state index contributed by atoms with van der Waals surface area (Å²) >= 11 is 0. The van der Waals surface area contributed by atoms with Crippen LogP contribution in [0, 0.1) is 5.92 Å². The first kappa shape index (κ1) is 22.8. The van der Waals surface area contributed by atoms with Crippen LogP contribution < -0.4 is 10.6 Å². The molecule has 0 aromatic rings. The number of cyclic esters (lactones) is 1. The standard InChI is InChI=1S/C23H36N2O5/c26-16-22(11-5-6-12-22)24-19(27)15-18-9-3-1-2-4-10-20(28)30-17-23(25-21(18)29)13-7-8-14-23/h1,3,18,26H,2,4-17H2,(H,24,27)(H,25,29). The zero-order chi connectivity index (χ0) is 21.5. The van der Waals surface area contributed by atoms with Gasteiger partial charge in [-0.3, -0.25) is 14.4 Å². The van der Waals surface area contributed by atoms with Crippen molar-refractivity contribution in [3.63, 3.8) is 0 Å². The Morgan fingerprint density at radius 3 is 2.50 bits per heavy atom. The van der Waals surface area contributed by atoms with E-state index in [1.54, 1.807) is 0 Å². The summed E-state index contributed by atoms with van der Waals surface area (Å²) in [5, 5.41) is 15.9. The molecule has 7 heteroatoms. The van der Waals surface area contributed by atoms with Gasteiger partial charge in [-0.15, -0.1) is 0 Å². The molecule has 1 unspecified atom stereocenters. The van der Waals surface area contributed by atoms with Gasteiger partial charge in [0, 0.05) is 12.8 Å². The maximum absolute atomic E-state index is 13.2. The average molecular weight is 421 g/mol. The van der Waals surface area contributed by atoms with Crippen LogP contribution in [0.1, 0.15) is 83.5 Å². The summed E-state index contributed by atoms with van der Waals surface area (Å²) in [6, 6.07) is 0. The Hall–Kier alpha value is -1.89. The van der Waals surface area contributed by atoms with Gasteiger partial charge in [-0.25, -0.2) is 0 Å². The van der Waals surface area contributed by atoms with Crippen molar-refractivity contribution in [2.45, 2.75) is 94.5 Å². The summed E-state index contributed by atoms with van der Waals surface area (Å²) in [6.07, 6.45) is 13.4. The van der Waals surface area contributed by atoms with E-state index in [9.17, 15) is 19.5 Å². The number of aliphatic hydroxyl groups is 1. The fraction of sp³-hybridized carbons (Fsp3) is 0.783. The summed E-state index contributed by atoms with van der Waals surface area (Å²) in [7, 11) is 0. The van der Waals surface area contributed by atoms with Crippen LogP contribution in [0.5, 0.6) is 0 Å². The minimum atomic E-state index is -0.534. The second-order valence-corrected chi connectivity index (χ2v) is 9.33. The van der Waals surface area contributed by atoms with Crippen LogP contribution in [0.4, 0.5) is 0 Å². The normalized spacial score (nSPS) is 26.9. The van der Waals surface area contributed by atoms with Crippen LogP contribution in [-0.4, -0.2) is 47.2 Å². The van der Waals surface area contributed by atoms with Crippen LogP contribution in [0.3, 0.4) is 0 Å². The molecule has 2 aliphatic carbocycles. The van der Waals surface area contributed by atoms with Crippen molar-refractivity contribution < 1.29 is 24.2 Å². The van der Waals surface area contributed by atoms with Crippen molar-refractivity contribution >= 4 is 17.8 Å². The van der Waals surface area contributed by atoms with Gasteiger partial charge >= 0.3 is 5.97 Å². The van der Waals surface area contributed by atoms with Gasteiger partial charge in [0.2, 0.25) is 11.8 Å². The van der Waals surface area contributed by atoms with Crippen LogP contribution in [0.2, 0.25) is 0 Å². The van der Waals surface area contributed by atoms with Crippen LogP contribution >= 0.6 is 0 Å². The number of allylic oxidation sites excluding steroid dienone is 2. The Labute approximate surface area is 179 Å². The summed E-state index contributed by atoms with van der Waals surface area (Å²) < 4.78 is 5.49. The van der Waals surface area contributed by atoms with E-state index in [-0.39, 0.29) is 37.4 Å². The van der Waals surface area contributed by atoms with Crippen molar-refractivity contribution in [3.8, 4) is 0 Å². The molecule has 168 valence electrons. The highest BCUT2D eigenvalue weighted by molar-refractivity contribution is 5.86. The molecule has 3 N–H and O–H groups in total. The quantitative estimate of drug-likeness (QED) is 0.479. The van der Waals surface area contributed by atoms with Gasteiger partial charge in [-0.05, 0) is 44.9 Å². The van der Waals surface area contributed by atoms with E-state index in [1.165, 1.54) is 0 Å². The van der Waals surface area contributed by atoms with Crippen molar-refractivity contribution in [3.05, 3.63) is 12.2 Å². The Morgan fingerprint density at radius 1 is 1.10 bits per heavy atom. The first-order valence-corrected chi connectivity index (χ1v) is 11.5. The van der Waals surface area contributed by atoms with Crippen LogP contribution in [0.25, 0.3) is 0 Å². The fourth-order valence-electron chi connectivity index (χ4n) is 4.98. The van der Waals surface area contributed by atoms with Crippen molar-refractivity contribution in [2.75, 3.05) is 13.2 Å². The lowest BCUT2D eigenvalue weighted by Gasteiger charge is -2.32. The van der Waals surface area contributed by atoms with Gasteiger partial charge in [-0.1, -0.05) is 37.8 Å². The smallest absolute Gasteiger partial charge is 0.305 e. The molecule has 1 spiro atoms. The fourth-order valence-corrected chi connectivity index (χ4v) is 4.98. The number of aliphatic hydroxyl groups excluding tert-OH is 1. The van der Waals surface area contributed by atoms with E-state index in [0.717, 1.165) is 57.8 Å². The molecular formula is C23H36N2O5. The lowest BCUT2D eigenvalue weighted by molar-refractivity contribution is -0.147. The third-order valence-corrected chi connectivity index (χ3v) is 6.87. The molecule has 7 nitrogen and oxygen atoms in total. The van der Waals surface area contributed by atoms with Gasteiger partial charge in [0.05, 0.1) is 23.6 Å². The first-order valence-electron chi connectivity index (χ1n) is 11.5. The summed E-state index contributed by atoms with van der Waals surface area (Å²) in [5.41, 5.74) is -1.05. The number of ether oxygens (including phenoxy) is 1. The molecule has 3 rings (SSSR count). The van der Waals surface area contributed by atoms with Crippen molar-refractivity contribution in [2.24, 2.45) is 5.92 Å². The number of rotatable bonds is 4. The van der Waals surface area contributed by atoms with Gasteiger partial charge in [0.15, 0.2) is 0 Å². The molecule has 1 aliphatic heterocycles. The number of hydrogen-bond donors (Lipinski definition) is 3. The minimum absolute atomic E-state index is 0.0655. The van der Waals surface area contributed by atoms with Gasteiger partial charge in [0.1, 0.15) is 6.61 Å². The summed E-state index contributed by atoms with van der Waals surface area (Å²) in [5.74, 6) is -1.04. The third-order valence-electron chi connectivity index (χ3n) is 6.87. The maximum Gasteiger partial charge on any atom is 0.305 e. The second kappa shape index (κ2) is 10.4. The van der Waals surface area contributed by atoms with Crippen LogP contribution in [-0.2, 0) is 19.1 Å². The Morgan fingerprint density at radius 2 is 1.80 bits per heavy atom. The number of nitrogens with one attached hydrogen (secondary N) is 2. The number of amides is 2. The molecule has 1 atom stereocenters. The summed E-state index contributed by atoms with van der Waals surface area (Å²) in [6.45, 7) is 0.140. The Bertz CT molecular complexity index is 648. The topological polar surface area (TPSA) is 105 Å². The highest BCUT2D eigenvalue weighted by Crippen LogP contribution is 2.32. The molecule has 0 saturated heterocycles. The predicted molar refractivity (Wildman–Crippen MR) is 112 cm³/mol. The first-order chi connectivity index (χ1) is 14.5. The molecule has 1 heterocycles. The van der Waals surface area contributed by atoms with Gasteiger partial charge in [0.25, 0.3) is 0 Å². The molecule has 0 aromatic carbocycles. The minimum Gasteiger partial charge on any atom is -0.463 e. The van der Waals surface area contributed by atoms with Crippen molar-refractivity contribution in [1.82, 2.24) is 10.6 Å². The van der Waals surface area contributed by atoms with Gasteiger partial charge in [-0.2, -0.15) is 0 Å². The van der Waals surface area contributed by atoms with Crippen LogP contribution in [0.15, 0.2) is 12.2 Å². The molecule has 0 radical (unpaired) electrons. The lowest BCUT2D eigenvalue weighted by Crippen LogP contribution is -2.53. The highest BCUT2D eigenvalue weighted by Gasteiger charge is 2.39. The number of esters is 1. The van der Waals surface area contributed by atoms with Gasteiger partial charge < -0.3 is 20.5 Å². The zero-order valence-electron chi connectivity index (χ0n) is 17.9. The second-order valence-electron chi connectivity index (χ2n) is 9.33. The van der Waals surface area contributed by atoms with E-state index in [1.807, 2.05) is 12.2 Å². The van der Waals surface area contributed by atoms with E-state index < -0.39 is 17.0 Å². The highest BCUT2D eigenvalue weighted by atomic mass is 16.5. The molecule has 2 amide bonds. The lowest BCUT2D eigenvalue weighted by atomic mass is 9.93. The number of hydrogen-bond acceptors (Lipinski definition) is 5. The van der Waals surface area contributed by atoms with E-state index in [4.69, 9.17) is 4.74 Å². The summed E-state index contributed by atoms with van der Waals surface area (Å²) in [4.78, 5) is 37.9. The Balaban J connectivity index is 1.69. The molecule has 2 fully saturated rings. The third kappa shape index (κ3) is 6.06. The number of carbonyl (C=O) groups excluding carboxylic acids is 3. The number of carbonyl (C=O) groups is 3. The molecule has 3 aliphatic rings. The van der Waals surface area contributed by atoms with E-state index in [0.29, 0.717) is 19.3 Å². The SMILES string of the molecule is O=C(CC1CC=CCCCC(=O)OCC2(CCCC2)NC1=O)NC1(CO)CCCC1. The van der Waals surface area contributed by atoms with E-state index in [2.05, 4.69) is 10.6 Å². The molecular weight excluding hydrogens is 384 g/mol. The monoisotopic (exact) mass is 420 g/mol. The predicted octanol–water partition coefficient (Wildman–Crippen LogP) is 2.52. The molecule has 2 saturated carbocycles. The van der Waals surface area contributed by atoms with E-state index >= 15 is 0 Å². The Kier molecular flexibility index (Phi) is 7.92. The largest absolute Gasteiger partial charge is 0.463 e. The average Bonchev–Trinajstić information content (AvgIpc) is 3.38. The molecule has 0 aromatic heterocycles. The maximum atomic E-state index is 13.2. The van der Waals surface area contributed by atoms with Crippen molar-refractivity contribution in [1.29, 1.82) is 0 Å². The molecule has 0 bridgehead atoms. The zero-order valence-corrected chi connectivity index (χ0v) is 17.9.